The summed E-state index contributed by atoms with van der Waals surface area (Å²) in [5.74, 6) is -0.489. The fraction of sp³-hybridized carbons (Fsp3) is 0.235. The van der Waals surface area contributed by atoms with Crippen LogP contribution in [0.1, 0.15) is 21.5 Å². The van der Waals surface area contributed by atoms with Gasteiger partial charge in [0.25, 0.3) is 11.6 Å². The summed E-state index contributed by atoms with van der Waals surface area (Å²) in [6.45, 7) is -0.0540. The molecule has 6 nitrogen and oxygen atoms in total. The van der Waals surface area contributed by atoms with Crippen molar-refractivity contribution in [2.24, 2.45) is 0 Å². The van der Waals surface area contributed by atoms with E-state index in [1.165, 1.54) is 43.3 Å². The van der Waals surface area contributed by atoms with Crippen molar-refractivity contribution in [1.29, 1.82) is 0 Å². The van der Waals surface area contributed by atoms with Gasteiger partial charge in [0, 0.05) is 11.6 Å². The van der Waals surface area contributed by atoms with Gasteiger partial charge < -0.3 is 10.1 Å². The summed E-state index contributed by atoms with van der Waals surface area (Å²) >= 11 is 0. The Morgan fingerprint density at radius 1 is 1.19 bits per heavy atom. The minimum absolute atomic E-state index is 0.111. The van der Waals surface area contributed by atoms with E-state index in [-0.39, 0.29) is 17.9 Å². The standard InChI is InChI=1S/C17H15F3N2O4/c1-11-14(3-2-4-15(11)22(24)25)21-16(23)13-7-5-12(6-8-13)9-26-10-17(18,19)20/h2-8H,9-10H2,1H3,(H,21,23). The van der Waals surface area contributed by atoms with Crippen LogP contribution in [0.4, 0.5) is 24.5 Å². The molecule has 2 aromatic carbocycles. The summed E-state index contributed by atoms with van der Waals surface area (Å²) in [5.41, 5.74) is 1.26. The molecule has 0 aliphatic rings. The van der Waals surface area contributed by atoms with Crippen molar-refractivity contribution in [3.05, 3.63) is 69.3 Å². The number of nitrogens with one attached hydrogen (secondary N) is 1. The maximum atomic E-state index is 12.2. The molecule has 0 spiro atoms. The van der Waals surface area contributed by atoms with Gasteiger partial charge in [0.1, 0.15) is 6.61 Å². The minimum Gasteiger partial charge on any atom is -0.367 e. The first-order valence-electron chi connectivity index (χ1n) is 7.46. The lowest BCUT2D eigenvalue weighted by molar-refractivity contribution is -0.385. The number of halogens is 3. The third-order valence-electron chi connectivity index (χ3n) is 3.50. The number of carbonyl (C=O) groups is 1. The first-order valence-corrected chi connectivity index (χ1v) is 7.46. The molecule has 0 saturated heterocycles. The lowest BCUT2D eigenvalue weighted by atomic mass is 10.1. The van der Waals surface area contributed by atoms with Gasteiger partial charge in [-0.05, 0) is 30.7 Å². The molecule has 0 unspecified atom stereocenters. The van der Waals surface area contributed by atoms with E-state index in [2.05, 4.69) is 10.1 Å². The first kappa shape index (κ1) is 19.4. The van der Waals surface area contributed by atoms with Crippen molar-refractivity contribution in [3.8, 4) is 0 Å². The fourth-order valence-corrected chi connectivity index (χ4v) is 2.19. The van der Waals surface area contributed by atoms with Gasteiger partial charge in [-0.1, -0.05) is 18.2 Å². The summed E-state index contributed by atoms with van der Waals surface area (Å²) < 4.78 is 40.6. The molecule has 9 heteroatoms. The zero-order valence-electron chi connectivity index (χ0n) is 13.7. The molecule has 0 aliphatic carbocycles. The number of ether oxygens (including phenoxy) is 1. The van der Waals surface area contributed by atoms with Crippen LogP contribution in [-0.2, 0) is 11.3 Å². The lowest BCUT2D eigenvalue weighted by Gasteiger charge is -2.10. The van der Waals surface area contributed by atoms with Crippen LogP contribution >= 0.6 is 0 Å². The van der Waals surface area contributed by atoms with Crippen LogP contribution in [0.5, 0.6) is 0 Å². The van der Waals surface area contributed by atoms with Crippen LogP contribution in [0.15, 0.2) is 42.5 Å². The van der Waals surface area contributed by atoms with Gasteiger partial charge in [0.05, 0.1) is 22.8 Å². The molecule has 0 aromatic heterocycles. The number of hydrogen-bond donors (Lipinski definition) is 1. The van der Waals surface area contributed by atoms with E-state index in [1.54, 1.807) is 6.07 Å². The highest BCUT2D eigenvalue weighted by Gasteiger charge is 2.27. The fourth-order valence-electron chi connectivity index (χ4n) is 2.19. The lowest BCUT2D eigenvalue weighted by Crippen LogP contribution is -2.16. The topological polar surface area (TPSA) is 81.5 Å². The molecular formula is C17H15F3N2O4. The highest BCUT2D eigenvalue weighted by molar-refractivity contribution is 6.04. The van der Waals surface area contributed by atoms with E-state index in [0.29, 0.717) is 16.8 Å². The van der Waals surface area contributed by atoms with Gasteiger partial charge in [0.15, 0.2) is 0 Å². The summed E-state index contributed by atoms with van der Waals surface area (Å²) in [5, 5.41) is 13.5. The Labute approximate surface area is 146 Å². The molecule has 0 bridgehead atoms. The Hall–Kier alpha value is -2.94. The first-order chi connectivity index (χ1) is 12.2. The third-order valence-corrected chi connectivity index (χ3v) is 3.50. The van der Waals surface area contributed by atoms with Crippen LogP contribution in [0.25, 0.3) is 0 Å². The van der Waals surface area contributed by atoms with Crippen LogP contribution in [0.3, 0.4) is 0 Å². The van der Waals surface area contributed by atoms with Crippen molar-refractivity contribution < 1.29 is 27.6 Å². The van der Waals surface area contributed by atoms with Gasteiger partial charge in [-0.2, -0.15) is 13.2 Å². The number of nitrogens with zero attached hydrogens (tertiary/aromatic N) is 1. The van der Waals surface area contributed by atoms with Gasteiger partial charge >= 0.3 is 6.18 Å². The zero-order valence-corrected chi connectivity index (χ0v) is 13.7. The second-order valence-electron chi connectivity index (χ2n) is 5.47. The number of amides is 1. The largest absolute Gasteiger partial charge is 0.411 e. The number of alkyl halides is 3. The Bertz CT molecular complexity index is 805. The van der Waals surface area contributed by atoms with Gasteiger partial charge in [-0.25, -0.2) is 0 Å². The SMILES string of the molecule is Cc1c(NC(=O)c2ccc(COCC(F)(F)F)cc2)cccc1[N+](=O)[O-]. The number of carbonyl (C=O) groups excluding carboxylic acids is 1. The average Bonchev–Trinajstić information content (AvgIpc) is 2.56. The van der Waals surface area contributed by atoms with Crippen LogP contribution in [-0.4, -0.2) is 23.6 Å². The van der Waals surface area contributed by atoms with Crippen molar-refractivity contribution in [2.75, 3.05) is 11.9 Å². The molecule has 0 fully saturated rings. The highest BCUT2D eigenvalue weighted by Crippen LogP contribution is 2.25. The Morgan fingerprint density at radius 3 is 2.42 bits per heavy atom. The molecule has 0 aliphatic heterocycles. The number of rotatable bonds is 6. The maximum Gasteiger partial charge on any atom is 0.411 e. The summed E-state index contributed by atoms with van der Waals surface area (Å²) in [6, 6.07) is 10.2. The Morgan fingerprint density at radius 2 is 1.85 bits per heavy atom. The average molecular weight is 368 g/mol. The van der Waals surface area contributed by atoms with Crippen molar-refractivity contribution in [2.45, 2.75) is 19.7 Å². The van der Waals surface area contributed by atoms with Gasteiger partial charge in [0.2, 0.25) is 0 Å². The van der Waals surface area contributed by atoms with Crippen molar-refractivity contribution in [1.82, 2.24) is 0 Å². The van der Waals surface area contributed by atoms with Gasteiger partial charge in [-0.15, -0.1) is 0 Å². The molecule has 0 radical (unpaired) electrons. The van der Waals surface area contributed by atoms with Gasteiger partial charge in [-0.3, -0.25) is 14.9 Å². The number of benzene rings is 2. The molecule has 26 heavy (non-hydrogen) atoms. The smallest absolute Gasteiger partial charge is 0.367 e. The molecule has 0 heterocycles. The summed E-state index contributed by atoms with van der Waals surface area (Å²) in [4.78, 5) is 22.6. The summed E-state index contributed by atoms with van der Waals surface area (Å²) in [7, 11) is 0. The molecule has 1 N–H and O–H groups in total. The van der Waals surface area contributed by atoms with E-state index < -0.39 is 23.6 Å². The maximum absolute atomic E-state index is 12.2. The van der Waals surface area contributed by atoms with E-state index in [4.69, 9.17) is 0 Å². The molecule has 138 valence electrons. The molecule has 2 rings (SSSR count). The zero-order chi connectivity index (χ0) is 19.3. The second-order valence-corrected chi connectivity index (χ2v) is 5.47. The monoisotopic (exact) mass is 368 g/mol. The normalized spacial score (nSPS) is 11.2. The highest BCUT2D eigenvalue weighted by atomic mass is 19.4. The predicted octanol–water partition coefficient (Wildman–Crippen LogP) is 4.23. The Balaban J connectivity index is 2.02. The van der Waals surface area contributed by atoms with Crippen LogP contribution in [0, 0.1) is 17.0 Å². The minimum atomic E-state index is -4.39. The number of hydrogen-bond acceptors (Lipinski definition) is 4. The molecule has 0 atom stereocenters. The van der Waals surface area contributed by atoms with E-state index >= 15 is 0 Å². The van der Waals surface area contributed by atoms with Crippen molar-refractivity contribution >= 4 is 17.3 Å². The molecule has 1 amide bonds. The summed E-state index contributed by atoms with van der Waals surface area (Å²) in [6.07, 6.45) is -4.39. The quantitative estimate of drug-likeness (QED) is 0.611. The van der Waals surface area contributed by atoms with Crippen LogP contribution < -0.4 is 5.32 Å². The second kappa shape index (κ2) is 7.96. The molecular weight excluding hydrogens is 353 g/mol. The number of nitro benzene ring substituents is 1. The van der Waals surface area contributed by atoms with Crippen LogP contribution in [0.2, 0.25) is 0 Å². The Kier molecular flexibility index (Phi) is 5.93. The number of anilines is 1. The van der Waals surface area contributed by atoms with E-state index in [1.807, 2.05) is 0 Å². The molecule has 0 saturated carbocycles. The molecule has 2 aromatic rings. The number of nitro groups is 1. The van der Waals surface area contributed by atoms with E-state index in [0.717, 1.165) is 0 Å². The predicted molar refractivity (Wildman–Crippen MR) is 87.9 cm³/mol. The third kappa shape index (κ3) is 5.28. The van der Waals surface area contributed by atoms with E-state index in [9.17, 15) is 28.1 Å². The van der Waals surface area contributed by atoms with Crippen molar-refractivity contribution in [3.63, 3.8) is 0 Å².